The quantitative estimate of drug-likeness (QED) is 0.725. The van der Waals surface area contributed by atoms with Gasteiger partial charge < -0.3 is 15.3 Å². The molecular formula is C17H12FNO4. The van der Waals surface area contributed by atoms with Crippen molar-refractivity contribution in [2.45, 2.75) is 6.42 Å². The summed E-state index contributed by atoms with van der Waals surface area (Å²) in [6, 6.07) is 9.18. The van der Waals surface area contributed by atoms with E-state index in [1.54, 1.807) is 24.3 Å². The molecule has 0 spiro atoms. The number of nitrogens with two attached hydrogens (primary N) is 1. The molecule has 0 aliphatic carbocycles. The van der Waals surface area contributed by atoms with Crippen LogP contribution in [0.15, 0.2) is 51.9 Å². The Morgan fingerprint density at radius 3 is 2.52 bits per heavy atom. The van der Waals surface area contributed by atoms with Crippen LogP contribution in [0.1, 0.15) is 21.5 Å². The number of halogens is 1. The van der Waals surface area contributed by atoms with Gasteiger partial charge in [-0.15, -0.1) is 0 Å². The van der Waals surface area contributed by atoms with Crippen molar-refractivity contribution in [3.63, 3.8) is 0 Å². The molecule has 0 bridgehead atoms. The summed E-state index contributed by atoms with van der Waals surface area (Å²) in [6.45, 7) is 0. The van der Waals surface area contributed by atoms with Gasteiger partial charge in [0.15, 0.2) is 0 Å². The second kappa shape index (κ2) is 5.57. The topological polar surface area (TPSA) is 93.5 Å². The molecule has 0 saturated carbocycles. The Kier molecular flexibility index (Phi) is 3.57. The van der Waals surface area contributed by atoms with Gasteiger partial charge >= 0.3 is 5.97 Å². The highest BCUT2D eigenvalue weighted by Crippen LogP contribution is 2.25. The Labute approximate surface area is 129 Å². The molecule has 0 aliphatic rings. The van der Waals surface area contributed by atoms with Crippen molar-refractivity contribution in [2.24, 2.45) is 0 Å². The first-order valence-corrected chi connectivity index (χ1v) is 6.78. The zero-order valence-electron chi connectivity index (χ0n) is 11.9. The van der Waals surface area contributed by atoms with E-state index in [9.17, 15) is 14.0 Å². The van der Waals surface area contributed by atoms with Gasteiger partial charge in [0.2, 0.25) is 5.43 Å². The number of carbonyl (C=O) groups is 1. The lowest BCUT2D eigenvalue weighted by atomic mass is 10.00. The first-order valence-electron chi connectivity index (χ1n) is 6.78. The van der Waals surface area contributed by atoms with Gasteiger partial charge in [0.25, 0.3) is 0 Å². The van der Waals surface area contributed by atoms with Gasteiger partial charge in [-0.3, -0.25) is 4.79 Å². The Balaban J connectivity index is 2.14. The third-order valence-electron chi connectivity index (χ3n) is 3.61. The predicted octanol–water partition coefficient (Wildman–Crippen LogP) is 2.80. The van der Waals surface area contributed by atoms with Crippen LogP contribution in [0.3, 0.4) is 0 Å². The molecule has 0 fully saturated rings. The number of nitrogen functional groups attached to an aromatic ring is 1. The molecule has 0 saturated heterocycles. The fraction of sp³-hybridized carbons (Fsp3) is 0.0588. The Morgan fingerprint density at radius 1 is 1.17 bits per heavy atom. The van der Waals surface area contributed by atoms with Crippen LogP contribution in [0.4, 0.5) is 10.1 Å². The Hall–Kier alpha value is -3.15. The predicted molar refractivity (Wildman–Crippen MR) is 83.1 cm³/mol. The number of aromatic carboxylic acids is 1. The highest BCUT2D eigenvalue weighted by Gasteiger charge is 2.16. The first kappa shape index (κ1) is 14.8. The monoisotopic (exact) mass is 313 g/mol. The molecule has 0 unspecified atom stereocenters. The molecule has 2 aromatic carbocycles. The van der Waals surface area contributed by atoms with Crippen molar-refractivity contribution in [3.8, 4) is 0 Å². The number of hydrogen-bond acceptors (Lipinski definition) is 4. The average molecular weight is 313 g/mol. The van der Waals surface area contributed by atoms with Gasteiger partial charge in [0, 0.05) is 0 Å². The van der Waals surface area contributed by atoms with Crippen molar-refractivity contribution in [3.05, 3.63) is 75.4 Å². The molecule has 116 valence electrons. The van der Waals surface area contributed by atoms with Gasteiger partial charge in [-0.25, -0.2) is 9.18 Å². The Bertz CT molecular complexity index is 961. The molecule has 0 amide bonds. The summed E-state index contributed by atoms with van der Waals surface area (Å²) in [6.07, 6.45) is 1.30. The summed E-state index contributed by atoms with van der Waals surface area (Å²) in [5, 5.41) is 9.06. The van der Waals surface area contributed by atoms with Crippen molar-refractivity contribution >= 4 is 22.6 Å². The number of benzene rings is 2. The SMILES string of the molecule is Nc1c(Cc2ccc(F)cc2)ccc2occ(C(=O)O)c(=O)c12. The minimum atomic E-state index is -1.37. The van der Waals surface area contributed by atoms with Crippen LogP contribution in [0.5, 0.6) is 0 Å². The lowest BCUT2D eigenvalue weighted by Gasteiger charge is -2.09. The average Bonchev–Trinajstić information content (AvgIpc) is 2.52. The number of hydrogen-bond donors (Lipinski definition) is 2. The van der Waals surface area contributed by atoms with Crippen molar-refractivity contribution < 1.29 is 18.7 Å². The number of fused-ring (bicyclic) bond motifs is 1. The molecule has 0 aliphatic heterocycles. The molecule has 5 nitrogen and oxygen atoms in total. The molecular weight excluding hydrogens is 301 g/mol. The van der Waals surface area contributed by atoms with Gasteiger partial charge in [0.05, 0.1) is 11.1 Å². The van der Waals surface area contributed by atoms with Gasteiger partial charge in [-0.2, -0.15) is 0 Å². The van der Waals surface area contributed by atoms with E-state index >= 15 is 0 Å². The van der Waals surface area contributed by atoms with Crippen LogP contribution in [-0.4, -0.2) is 11.1 Å². The molecule has 3 N–H and O–H groups in total. The lowest BCUT2D eigenvalue weighted by Crippen LogP contribution is -2.16. The molecule has 6 heteroatoms. The van der Waals surface area contributed by atoms with Crippen LogP contribution in [-0.2, 0) is 6.42 Å². The fourth-order valence-electron chi connectivity index (χ4n) is 2.41. The van der Waals surface area contributed by atoms with Gasteiger partial charge in [-0.1, -0.05) is 18.2 Å². The maximum Gasteiger partial charge on any atom is 0.342 e. The third-order valence-corrected chi connectivity index (χ3v) is 3.61. The molecule has 3 aromatic rings. The number of anilines is 1. The lowest BCUT2D eigenvalue weighted by molar-refractivity contribution is 0.0693. The van der Waals surface area contributed by atoms with Gasteiger partial charge in [-0.05, 0) is 35.7 Å². The van der Waals surface area contributed by atoms with E-state index in [-0.39, 0.29) is 22.5 Å². The largest absolute Gasteiger partial charge is 0.477 e. The van der Waals surface area contributed by atoms with Crippen LogP contribution >= 0.6 is 0 Å². The molecule has 0 atom stereocenters. The Morgan fingerprint density at radius 2 is 1.87 bits per heavy atom. The molecule has 1 heterocycles. The summed E-state index contributed by atoms with van der Waals surface area (Å²) < 4.78 is 18.1. The van der Waals surface area contributed by atoms with Crippen molar-refractivity contribution in [1.82, 2.24) is 0 Å². The number of rotatable bonds is 3. The van der Waals surface area contributed by atoms with Crippen LogP contribution < -0.4 is 11.2 Å². The third kappa shape index (κ3) is 2.66. The van der Waals surface area contributed by atoms with E-state index in [0.717, 1.165) is 11.8 Å². The van der Waals surface area contributed by atoms with Crippen molar-refractivity contribution in [2.75, 3.05) is 5.73 Å². The number of carboxylic acids is 1. The van der Waals surface area contributed by atoms with E-state index in [0.29, 0.717) is 12.0 Å². The second-order valence-corrected chi connectivity index (χ2v) is 5.10. The van der Waals surface area contributed by atoms with E-state index < -0.39 is 17.0 Å². The summed E-state index contributed by atoms with van der Waals surface area (Å²) in [5.74, 6) is -1.71. The van der Waals surface area contributed by atoms with E-state index in [1.165, 1.54) is 12.1 Å². The molecule has 1 aromatic heterocycles. The molecule has 23 heavy (non-hydrogen) atoms. The van der Waals surface area contributed by atoms with E-state index in [2.05, 4.69) is 0 Å². The van der Waals surface area contributed by atoms with E-state index in [4.69, 9.17) is 15.3 Å². The number of carboxylic acid groups (broad SMARTS) is 1. The summed E-state index contributed by atoms with van der Waals surface area (Å²) in [5.41, 5.74) is 6.73. The maximum atomic E-state index is 13.0. The molecule has 0 radical (unpaired) electrons. The standard InChI is InChI=1S/C17H12FNO4/c18-11-4-1-9(2-5-11)7-10-3-6-13-14(15(10)19)16(20)12(8-23-13)17(21)22/h1-6,8H,7,19H2,(H,21,22). The van der Waals surface area contributed by atoms with Crippen molar-refractivity contribution in [1.29, 1.82) is 0 Å². The minimum absolute atomic E-state index is 0.0458. The molecule has 3 rings (SSSR count). The summed E-state index contributed by atoms with van der Waals surface area (Å²) in [7, 11) is 0. The van der Waals surface area contributed by atoms with E-state index in [1.807, 2.05) is 0 Å². The maximum absolute atomic E-state index is 13.0. The first-order chi connectivity index (χ1) is 11.0. The normalized spacial score (nSPS) is 10.8. The smallest absolute Gasteiger partial charge is 0.342 e. The highest BCUT2D eigenvalue weighted by atomic mass is 19.1. The fourth-order valence-corrected chi connectivity index (χ4v) is 2.41. The zero-order chi connectivity index (χ0) is 16.6. The minimum Gasteiger partial charge on any atom is -0.477 e. The van der Waals surface area contributed by atoms with Crippen LogP contribution in [0, 0.1) is 5.82 Å². The zero-order valence-corrected chi connectivity index (χ0v) is 11.9. The summed E-state index contributed by atoms with van der Waals surface area (Å²) in [4.78, 5) is 23.3. The highest BCUT2D eigenvalue weighted by molar-refractivity contribution is 5.96. The van der Waals surface area contributed by atoms with Gasteiger partial charge in [0.1, 0.15) is 23.2 Å². The van der Waals surface area contributed by atoms with Crippen LogP contribution in [0.25, 0.3) is 11.0 Å². The summed E-state index contributed by atoms with van der Waals surface area (Å²) >= 11 is 0. The van der Waals surface area contributed by atoms with Crippen LogP contribution in [0.2, 0.25) is 0 Å². The second-order valence-electron chi connectivity index (χ2n) is 5.10.